The highest BCUT2D eigenvalue weighted by Crippen LogP contribution is 2.29. The van der Waals surface area contributed by atoms with E-state index in [1.54, 1.807) is 18.2 Å². The van der Waals surface area contributed by atoms with Gasteiger partial charge >= 0.3 is 6.11 Å². The largest absolute Gasteiger partial charge is 0.383 e. The molecule has 1 nitrogen and oxygen atoms in total. The van der Waals surface area contributed by atoms with Gasteiger partial charge < -0.3 is 4.74 Å². The lowest BCUT2D eigenvalue weighted by Gasteiger charge is -2.22. The van der Waals surface area contributed by atoms with Gasteiger partial charge in [-0.2, -0.15) is 8.78 Å². The highest BCUT2D eigenvalue weighted by Gasteiger charge is 2.34. The number of ether oxygens (including phenoxy) is 1. The molecule has 0 bridgehead atoms. The van der Waals surface area contributed by atoms with E-state index in [2.05, 4.69) is 0 Å². The molecule has 0 aromatic heterocycles. The van der Waals surface area contributed by atoms with Crippen LogP contribution in [0.3, 0.4) is 0 Å². The third-order valence-electron chi connectivity index (χ3n) is 1.80. The zero-order valence-corrected chi connectivity index (χ0v) is 10.3. The van der Waals surface area contributed by atoms with Crippen molar-refractivity contribution in [1.29, 1.82) is 0 Å². The molecule has 0 saturated heterocycles. The van der Waals surface area contributed by atoms with Crippen LogP contribution < -0.4 is 0 Å². The van der Waals surface area contributed by atoms with Crippen LogP contribution in [-0.2, 0) is 10.8 Å². The Morgan fingerprint density at radius 3 is 2.13 bits per heavy atom. The van der Waals surface area contributed by atoms with Crippen molar-refractivity contribution in [2.75, 3.05) is 6.23 Å². The summed E-state index contributed by atoms with van der Waals surface area (Å²) < 4.78 is 31.7. The molecule has 0 spiro atoms. The fourth-order valence-electron chi connectivity index (χ4n) is 1.02. The number of hydrogen-bond donors (Lipinski definition) is 0. The van der Waals surface area contributed by atoms with Gasteiger partial charge in [-0.25, -0.2) is 0 Å². The van der Waals surface area contributed by atoms with E-state index in [4.69, 9.17) is 4.74 Å². The standard InChI is InChI=1S/C11H16F2OSi/c1-15(2,3)9-14-11(12,13)10-7-5-4-6-8-10/h4-8H,9H2,1-3H3. The highest BCUT2D eigenvalue weighted by molar-refractivity contribution is 6.76. The highest BCUT2D eigenvalue weighted by atomic mass is 28.3. The lowest BCUT2D eigenvalue weighted by atomic mass is 10.2. The molecule has 1 aromatic rings. The number of halogens is 2. The maximum atomic E-state index is 13.5. The molecule has 15 heavy (non-hydrogen) atoms. The van der Waals surface area contributed by atoms with Gasteiger partial charge in [0.1, 0.15) is 0 Å². The van der Waals surface area contributed by atoms with E-state index in [1.165, 1.54) is 12.1 Å². The summed E-state index contributed by atoms with van der Waals surface area (Å²) in [6.45, 7) is 5.98. The summed E-state index contributed by atoms with van der Waals surface area (Å²) in [5.41, 5.74) is -0.0803. The van der Waals surface area contributed by atoms with Crippen LogP contribution >= 0.6 is 0 Å². The number of hydrogen-bond acceptors (Lipinski definition) is 1. The minimum absolute atomic E-state index is 0.0803. The van der Waals surface area contributed by atoms with E-state index in [0.717, 1.165) is 0 Å². The minimum Gasteiger partial charge on any atom is -0.320 e. The molecule has 1 aromatic carbocycles. The van der Waals surface area contributed by atoms with Gasteiger partial charge in [-0.1, -0.05) is 50.0 Å². The van der Waals surface area contributed by atoms with Crippen LogP contribution in [0.4, 0.5) is 8.78 Å². The van der Waals surface area contributed by atoms with Crippen LogP contribution in [0.25, 0.3) is 0 Å². The predicted octanol–water partition coefficient (Wildman–Crippen LogP) is 3.63. The smallest absolute Gasteiger partial charge is 0.320 e. The molecule has 0 fully saturated rings. The molecule has 0 saturated carbocycles. The molecule has 0 atom stereocenters. The minimum atomic E-state index is -3.17. The molecule has 0 N–H and O–H groups in total. The molecule has 0 aliphatic heterocycles. The number of rotatable bonds is 4. The molecule has 84 valence electrons. The third kappa shape index (κ3) is 4.09. The second-order valence-corrected chi connectivity index (χ2v) is 10.1. The summed E-state index contributed by atoms with van der Waals surface area (Å²) in [4.78, 5) is 0. The summed E-state index contributed by atoms with van der Waals surface area (Å²) in [5, 5.41) is 0. The van der Waals surface area contributed by atoms with Crippen molar-refractivity contribution >= 4 is 8.07 Å². The van der Waals surface area contributed by atoms with E-state index in [1.807, 2.05) is 19.6 Å². The Balaban J connectivity index is 2.68. The second-order valence-electron chi connectivity index (χ2n) is 4.73. The summed E-state index contributed by atoms with van der Waals surface area (Å²) in [6, 6.07) is 7.63. The predicted molar refractivity (Wildman–Crippen MR) is 59.6 cm³/mol. The summed E-state index contributed by atoms with van der Waals surface area (Å²) >= 11 is 0. The van der Waals surface area contributed by atoms with Crippen LogP contribution in [0.5, 0.6) is 0 Å². The van der Waals surface area contributed by atoms with Crippen molar-refractivity contribution in [3.05, 3.63) is 35.9 Å². The molecule has 0 aliphatic carbocycles. The maximum Gasteiger partial charge on any atom is 0.383 e. The number of alkyl halides is 2. The Morgan fingerprint density at radius 2 is 1.67 bits per heavy atom. The topological polar surface area (TPSA) is 9.23 Å². The molecule has 0 amide bonds. The number of benzene rings is 1. The van der Waals surface area contributed by atoms with Gasteiger partial charge in [-0.15, -0.1) is 0 Å². The van der Waals surface area contributed by atoms with Crippen molar-refractivity contribution in [3.63, 3.8) is 0 Å². The maximum absolute atomic E-state index is 13.5. The second kappa shape index (κ2) is 4.41. The van der Waals surface area contributed by atoms with E-state index in [0.29, 0.717) is 0 Å². The molecule has 4 heteroatoms. The summed E-state index contributed by atoms with van der Waals surface area (Å²) in [5.74, 6) is 0. The van der Waals surface area contributed by atoms with Gasteiger partial charge in [-0.05, 0) is 0 Å². The van der Waals surface area contributed by atoms with Crippen LogP contribution in [0.15, 0.2) is 30.3 Å². The molecule has 0 radical (unpaired) electrons. The van der Waals surface area contributed by atoms with E-state index in [-0.39, 0.29) is 11.8 Å². The van der Waals surface area contributed by atoms with Crippen LogP contribution in [0, 0.1) is 0 Å². The van der Waals surface area contributed by atoms with Gasteiger partial charge in [0.25, 0.3) is 0 Å². The van der Waals surface area contributed by atoms with Gasteiger partial charge in [0.2, 0.25) is 0 Å². The summed E-state index contributed by atoms with van der Waals surface area (Å²) in [6.07, 6.45) is -3.00. The molecule has 0 heterocycles. The first kappa shape index (κ1) is 12.3. The Kier molecular flexibility index (Phi) is 3.62. The monoisotopic (exact) mass is 230 g/mol. The molecule has 1 rings (SSSR count). The van der Waals surface area contributed by atoms with Gasteiger partial charge in [0.15, 0.2) is 0 Å². The molecule has 0 aliphatic rings. The third-order valence-corrected chi connectivity index (χ3v) is 2.81. The Morgan fingerprint density at radius 1 is 1.13 bits per heavy atom. The van der Waals surface area contributed by atoms with Crippen molar-refractivity contribution in [3.8, 4) is 0 Å². The van der Waals surface area contributed by atoms with Crippen molar-refractivity contribution in [1.82, 2.24) is 0 Å². The average molecular weight is 230 g/mol. The fraction of sp³-hybridized carbons (Fsp3) is 0.455. The molecular weight excluding hydrogens is 214 g/mol. The normalized spacial score (nSPS) is 12.9. The lowest BCUT2D eigenvalue weighted by molar-refractivity contribution is -0.239. The van der Waals surface area contributed by atoms with E-state index in [9.17, 15) is 8.78 Å². The first-order valence-electron chi connectivity index (χ1n) is 4.89. The van der Waals surface area contributed by atoms with Gasteiger partial charge in [0, 0.05) is 6.23 Å². The Labute approximate surface area is 90.1 Å². The van der Waals surface area contributed by atoms with Crippen LogP contribution in [-0.4, -0.2) is 14.3 Å². The molecular formula is C11H16F2OSi. The van der Waals surface area contributed by atoms with Gasteiger partial charge in [-0.3, -0.25) is 0 Å². The average Bonchev–Trinajstić information content (AvgIpc) is 2.16. The molecule has 0 unspecified atom stereocenters. The quantitative estimate of drug-likeness (QED) is 0.718. The Hall–Kier alpha value is -0.743. The zero-order chi connectivity index (χ0) is 11.5. The van der Waals surface area contributed by atoms with Gasteiger partial charge in [0.05, 0.1) is 13.6 Å². The zero-order valence-electron chi connectivity index (χ0n) is 9.26. The fourth-order valence-corrected chi connectivity index (χ4v) is 1.64. The first-order valence-corrected chi connectivity index (χ1v) is 8.59. The van der Waals surface area contributed by atoms with Crippen LogP contribution in [0.2, 0.25) is 19.6 Å². The van der Waals surface area contributed by atoms with Crippen molar-refractivity contribution in [2.45, 2.75) is 25.7 Å². The van der Waals surface area contributed by atoms with Crippen LogP contribution in [0.1, 0.15) is 5.56 Å². The first-order chi connectivity index (χ1) is 6.81. The van der Waals surface area contributed by atoms with E-state index >= 15 is 0 Å². The van der Waals surface area contributed by atoms with Crippen molar-refractivity contribution in [2.24, 2.45) is 0 Å². The Bertz CT molecular complexity index is 306. The lowest BCUT2D eigenvalue weighted by Crippen LogP contribution is -2.33. The van der Waals surface area contributed by atoms with E-state index < -0.39 is 14.2 Å². The SMILES string of the molecule is C[Si](C)(C)COC(F)(F)c1ccccc1. The van der Waals surface area contributed by atoms with Crippen molar-refractivity contribution < 1.29 is 13.5 Å². The summed E-state index contributed by atoms with van der Waals surface area (Å²) in [7, 11) is -1.60.